The second kappa shape index (κ2) is 3.34. The average Bonchev–Trinajstić information content (AvgIpc) is 2.61. The van der Waals surface area contributed by atoms with Crippen molar-refractivity contribution in [2.45, 2.75) is 18.9 Å². The van der Waals surface area contributed by atoms with E-state index in [0.717, 1.165) is 6.92 Å². The number of hydrogen-bond donors (Lipinski definition) is 1. The number of nitrogens with two attached hydrogens (primary N) is 1. The van der Waals surface area contributed by atoms with Crippen molar-refractivity contribution in [1.82, 2.24) is 0 Å². The van der Waals surface area contributed by atoms with Crippen LogP contribution in [0.3, 0.4) is 0 Å². The van der Waals surface area contributed by atoms with Crippen LogP contribution in [0, 0.1) is 0 Å². The average molecular weight is 215 g/mol. The number of rotatable bonds is 2. The van der Waals surface area contributed by atoms with Gasteiger partial charge in [0.15, 0.2) is 11.5 Å². The van der Waals surface area contributed by atoms with Crippen LogP contribution in [0.5, 0.6) is 11.5 Å². The lowest BCUT2D eigenvalue weighted by atomic mass is 10.0. The first-order chi connectivity index (χ1) is 6.98. The highest BCUT2D eigenvalue weighted by Gasteiger charge is 2.32. The Balaban J connectivity index is 2.31. The van der Waals surface area contributed by atoms with Gasteiger partial charge in [-0.3, -0.25) is 0 Å². The minimum Gasteiger partial charge on any atom is -0.454 e. The zero-order valence-electron chi connectivity index (χ0n) is 8.17. The van der Waals surface area contributed by atoms with Gasteiger partial charge in [0.2, 0.25) is 6.79 Å². The van der Waals surface area contributed by atoms with E-state index in [4.69, 9.17) is 15.2 Å². The number of hydrogen-bond acceptors (Lipinski definition) is 3. The summed E-state index contributed by atoms with van der Waals surface area (Å²) in [6, 6.07) is 3.27. The molecule has 1 heterocycles. The van der Waals surface area contributed by atoms with Crippen LogP contribution in [-0.2, 0) is 0 Å². The van der Waals surface area contributed by atoms with E-state index in [1.807, 2.05) is 0 Å². The minimum absolute atomic E-state index is 0.122. The highest BCUT2D eigenvalue weighted by atomic mass is 19.3. The minimum atomic E-state index is -2.95. The Morgan fingerprint density at radius 2 is 2.00 bits per heavy atom. The van der Waals surface area contributed by atoms with Crippen LogP contribution in [0.25, 0.3) is 0 Å². The van der Waals surface area contributed by atoms with Crippen molar-refractivity contribution < 1.29 is 18.3 Å². The zero-order valence-corrected chi connectivity index (χ0v) is 8.17. The van der Waals surface area contributed by atoms with E-state index in [1.54, 1.807) is 6.07 Å². The smallest absolute Gasteiger partial charge is 0.264 e. The van der Waals surface area contributed by atoms with Crippen LogP contribution < -0.4 is 15.2 Å². The Hall–Kier alpha value is -1.36. The molecule has 5 heteroatoms. The van der Waals surface area contributed by atoms with Gasteiger partial charge < -0.3 is 15.2 Å². The maximum Gasteiger partial charge on any atom is 0.264 e. The predicted octanol–water partition coefficient (Wildman–Crippen LogP) is 2.07. The van der Waals surface area contributed by atoms with E-state index in [9.17, 15) is 8.78 Å². The molecule has 15 heavy (non-hydrogen) atoms. The summed E-state index contributed by atoms with van der Waals surface area (Å²) < 4.78 is 36.1. The van der Waals surface area contributed by atoms with Crippen molar-refractivity contribution in [3.05, 3.63) is 23.8 Å². The number of alkyl halides is 2. The van der Waals surface area contributed by atoms with Gasteiger partial charge in [0, 0.05) is 6.92 Å². The third-order valence-electron chi connectivity index (χ3n) is 2.30. The predicted molar refractivity (Wildman–Crippen MR) is 50.1 cm³/mol. The summed E-state index contributed by atoms with van der Waals surface area (Å²) >= 11 is 0. The van der Waals surface area contributed by atoms with Gasteiger partial charge in [-0.25, -0.2) is 8.78 Å². The first kappa shape index (κ1) is 10.2. The normalized spacial score (nSPS) is 16.5. The SMILES string of the molecule is CC(F)(F)C(N)c1ccc2c(c1)OCO2. The van der Waals surface area contributed by atoms with E-state index in [2.05, 4.69) is 0 Å². The fraction of sp³-hybridized carbons (Fsp3) is 0.400. The molecule has 0 aromatic heterocycles. The molecule has 0 bridgehead atoms. The number of halogens is 2. The molecule has 3 nitrogen and oxygen atoms in total. The van der Waals surface area contributed by atoms with Crippen LogP contribution in [0.4, 0.5) is 8.78 Å². The highest BCUT2D eigenvalue weighted by Crippen LogP contribution is 2.36. The Morgan fingerprint density at radius 1 is 1.33 bits per heavy atom. The molecule has 0 saturated heterocycles. The van der Waals surface area contributed by atoms with Crippen molar-refractivity contribution in [2.24, 2.45) is 5.73 Å². The molecule has 1 aliphatic heterocycles. The third-order valence-corrected chi connectivity index (χ3v) is 2.30. The maximum atomic E-state index is 13.0. The molecule has 0 amide bonds. The molecule has 1 aromatic carbocycles. The van der Waals surface area contributed by atoms with Gasteiger partial charge in [0.05, 0.1) is 6.04 Å². The van der Waals surface area contributed by atoms with Gasteiger partial charge >= 0.3 is 0 Å². The van der Waals surface area contributed by atoms with Crippen LogP contribution in [0.2, 0.25) is 0 Å². The Morgan fingerprint density at radius 3 is 2.67 bits per heavy atom. The molecule has 0 spiro atoms. The molecule has 0 saturated carbocycles. The van der Waals surface area contributed by atoms with Crippen molar-refractivity contribution in [2.75, 3.05) is 6.79 Å². The molecule has 82 valence electrons. The van der Waals surface area contributed by atoms with E-state index >= 15 is 0 Å². The van der Waals surface area contributed by atoms with Gasteiger partial charge in [0.1, 0.15) is 0 Å². The van der Waals surface area contributed by atoms with Crippen molar-refractivity contribution >= 4 is 0 Å². The summed E-state index contributed by atoms with van der Waals surface area (Å²) in [5.74, 6) is -1.93. The summed E-state index contributed by atoms with van der Waals surface area (Å²) in [4.78, 5) is 0. The van der Waals surface area contributed by atoms with Gasteiger partial charge in [0.25, 0.3) is 5.92 Å². The molecule has 2 N–H and O–H groups in total. The van der Waals surface area contributed by atoms with Gasteiger partial charge in [-0.15, -0.1) is 0 Å². The monoisotopic (exact) mass is 215 g/mol. The standard InChI is InChI=1S/C10H11F2NO2/c1-10(11,12)9(13)6-2-3-7-8(4-6)15-5-14-7/h2-4,9H,5,13H2,1H3. The first-order valence-corrected chi connectivity index (χ1v) is 4.51. The quantitative estimate of drug-likeness (QED) is 0.821. The lowest BCUT2D eigenvalue weighted by Crippen LogP contribution is -2.29. The lowest BCUT2D eigenvalue weighted by Gasteiger charge is -2.19. The van der Waals surface area contributed by atoms with Gasteiger partial charge in [-0.2, -0.15) is 0 Å². The zero-order chi connectivity index (χ0) is 11.1. The topological polar surface area (TPSA) is 44.5 Å². The van der Waals surface area contributed by atoms with Crippen molar-refractivity contribution in [1.29, 1.82) is 0 Å². The number of fused-ring (bicyclic) bond motifs is 1. The summed E-state index contributed by atoms with van der Waals surface area (Å²) in [7, 11) is 0. The van der Waals surface area contributed by atoms with E-state index in [1.165, 1.54) is 12.1 Å². The molecule has 0 fully saturated rings. The van der Waals surface area contributed by atoms with Crippen LogP contribution >= 0.6 is 0 Å². The molecule has 1 aromatic rings. The van der Waals surface area contributed by atoms with E-state index in [-0.39, 0.29) is 6.79 Å². The molecule has 1 atom stereocenters. The fourth-order valence-electron chi connectivity index (χ4n) is 1.40. The molecular weight excluding hydrogens is 204 g/mol. The number of benzene rings is 1. The first-order valence-electron chi connectivity index (χ1n) is 4.51. The van der Waals surface area contributed by atoms with Crippen LogP contribution in [0.15, 0.2) is 18.2 Å². The molecule has 1 aliphatic rings. The largest absolute Gasteiger partial charge is 0.454 e. The summed E-state index contributed by atoms with van der Waals surface area (Å²) in [6.07, 6.45) is 0. The molecular formula is C10H11F2NO2. The fourth-order valence-corrected chi connectivity index (χ4v) is 1.40. The molecule has 0 aliphatic carbocycles. The Bertz CT molecular complexity index is 376. The number of ether oxygens (including phenoxy) is 2. The Labute approximate surface area is 85.8 Å². The summed E-state index contributed by atoms with van der Waals surface area (Å²) in [5, 5.41) is 0. The second-order valence-electron chi connectivity index (χ2n) is 3.55. The van der Waals surface area contributed by atoms with Crippen LogP contribution in [0.1, 0.15) is 18.5 Å². The van der Waals surface area contributed by atoms with Crippen molar-refractivity contribution in [3.63, 3.8) is 0 Å². The third kappa shape index (κ3) is 1.87. The Kier molecular flexibility index (Phi) is 2.26. The highest BCUT2D eigenvalue weighted by molar-refractivity contribution is 5.45. The van der Waals surface area contributed by atoms with Crippen LogP contribution in [-0.4, -0.2) is 12.7 Å². The molecule has 2 rings (SSSR count). The lowest BCUT2D eigenvalue weighted by molar-refractivity contribution is -0.00622. The molecule has 1 unspecified atom stereocenters. The van der Waals surface area contributed by atoms with Gasteiger partial charge in [-0.1, -0.05) is 6.07 Å². The summed E-state index contributed by atoms with van der Waals surface area (Å²) in [5.41, 5.74) is 5.76. The van der Waals surface area contributed by atoms with Gasteiger partial charge in [-0.05, 0) is 17.7 Å². The van der Waals surface area contributed by atoms with E-state index < -0.39 is 12.0 Å². The summed E-state index contributed by atoms with van der Waals surface area (Å²) in [6.45, 7) is 0.915. The van der Waals surface area contributed by atoms with Crippen molar-refractivity contribution in [3.8, 4) is 11.5 Å². The molecule has 0 radical (unpaired) electrons. The second-order valence-corrected chi connectivity index (χ2v) is 3.55. The van der Waals surface area contributed by atoms with E-state index in [0.29, 0.717) is 17.1 Å². The maximum absolute atomic E-state index is 13.0.